The number of carbonyl (C=O) groups excluding carboxylic acids is 1. The van der Waals surface area contributed by atoms with Gasteiger partial charge in [-0.1, -0.05) is 133 Å². The van der Waals surface area contributed by atoms with E-state index in [-0.39, 0.29) is 5.91 Å². The van der Waals surface area contributed by atoms with Crippen LogP contribution in [0.15, 0.2) is 53.6 Å². The summed E-state index contributed by atoms with van der Waals surface area (Å²) in [5, 5.41) is 4.82. The van der Waals surface area contributed by atoms with Gasteiger partial charge in [0.1, 0.15) is 12.4 Å². The molecule has 1 amide bonds. The van der Waals surface area contributed by atoms with Crippen LogP contribution < -0.4 is 10.2 Å². The molecule has 0 heterocycles. The number of hydrogen-bond donors (Lipinski definition) is 1. The van der Waals surface area contributed by atoms with E-state index in [9.17, 15) is 4.79 Å². The Hall–Kier alpha value is -2.33. The Morgan fingerprint density at radius 3 is 1.97 bits per heavy atom. The van der Waals surface area contributed by atoms with E-state index in [0.29, 0.717) is 18.1 Å². The SMILES string of the molecule is CCCCCCCCCCCCCCCCCC(=O)N/N=C/c1cccc(OCc2ccc(Cl)cc2)c1. The van der Waals surface area contributed by atoms with Gasteiger partial charge in [-0.15, -0.1) is 0 Å². The van der Waals surface area contributed by atoms with Gasteiger partial charge in [-0.3, -0.25) is 4.79 Å². The van der Waals surface area contributed by atoms with Crippen molar-refractivity contribution in [2.75, 3.05) is 0 Å². The third kappa shape index (κ3) is 16.2. The molecule has 0 aliphatic carbocycles. The lowest BCUT2D eigenvalue weighted by atomic mass is 10.0. The molecule has 0 aliphatic rings. The first-order chi connectivity index (χ1) is 18.2. The molecule has 5 heteroatoms. The molecule has 0 radical (unpaired) electrons. The number of nitrogens with zero attached hydrogens (tertiary/aromatic N) is 1. The van der Waals surface area contributed by atoms with Crippen molar-refractivity contribution in [3.05, 3.63) is 64.7 Å². The lowest BCUT2D eigenvalue weighted by Gasteiger charge is -2.07. The van der Waals surface area contributed by atoms with Gasteiger partial charge in [0.2, 0.25) is 5.91 Å². The Labute approximate surface area is 230 Å². The van der Waals surface area contributed by atoms with E-state index in [2.05, 4.69) is 17.5 Å². The summed E-state index contributed by atoms with van der Waals surface area (Å²) in [4.78, 5) is 12.1. The predicted molar refractivity (Wildman–Crippen MR) is 158 cm³/mol. The van der Waals surface area contributed by atoms with E-state index in [1.807, 2.05) is 48.5 Å². The number of hydrazone groups is 1. The molecule has 37 heavy (non-hydrogen) atoms. The molecule has 204 valence electrons. The molecule has 4 nitrogen and oxygen atoms in total. The summed E-state index contributed by atoms with van der Waals surface area (Å²) in [6.45, 7) is 2.74. The van der Waals surface area contributed by atoms with Crippen LogP contribution in [-0.2, 0) is 11.4 Å². The predicted octanol–water partition coefficient (Wildman–Crippen LogP) is 9.63. The van der Waals surface area contributed by atoms with Gasteiger partial charge < -0.3 is 4.74 Å². The highest BCUT2D eigenvalue weighted by Crippen LogP contribution is 2.16. The van der Waals surface area contributed by atoms with Gasteiger partial charge in [-0.05, 0) is 41.8 Å². The van der Waals surface area contributed by atoms with Crippen molar-refractivity contribution < 1.29 is 9.53 Å². The number of ether oxygens (including phenoxy) is 1. The van der Waals surface area contributed by atoms with Gasteiger partial charge in [0.25, 0.3) is 0 Å². The van der Waals surface area contributed by atoms with Crippen molar-refractivity contribution in [1.82, 2.24) is 5.43 Å². The van der Waals surface area contributed by atoms with E-state index < -0.39 is 0 Å². The minimum absolute atomic E-state index is 0.0268. The standard InChI is InChI=1S/C32H47ClN2O2/c1-2-3-4-5-6-7-8-9-10-11-12-13-14-15-16-20-32(36)35-34-26-29-18-17-19-31(25-29)37-27-28-21-23-30(33)24-22-28/h17-19,21-26H,2-16,20,27H2,1H3,(H,35,36)/b34-26+. The fourth-order valence-corrected chi connectivity index (χ4v) is 4.45. The van der Waals surface area contributed by atoms with Crippen molar-refractivity contribution >= 4 is 23.7 Å². The number of hydrogen-bond acceptors (Lipinski definition) is 3. The largest absolute Gasteiger partial charge is 0.489 e. The maximum Gasteiger partial charge on any atom is 0.240 e. The summed E-state index contributed by atoms with van der Waals surface area (Å²) >= 11 is 5.92. The normalized spacial score (nSPS) is 11.2. The fourth-order valence-electron chi connectivity index (χ4n) is 4.32. The van der Waals surface area contributed by atoms with Crippen molar-refractivity contribution in [2.24, 2.45) is 5.10 Å². The molecule has 0 aliphatic heterocycles. The van der Waals surface area contributed by atoms with Gasteiger partial charge in [0.15, 0.2) is 0 Å². The Morgan fingerprint density at radius 2 is 1.38 bits per heavy atom. The minimum atomic E-state index is -0.0268. The number of carbonyl (C=O) groups is 1. The van der Waals surface area contributed by atoms with Crippen molar-refractivity contribution in [1.29, 1.82) is 0 Å². The Bertz CT molecular complexity index is 883. The summed E-state index contributed by atoms with van der Waals surface area (Å²) in [6, 6.07) is 15.2. The molecule has 1 N–H and O–H groups in total. The molecule has 0 aromatic heterocycles. The number of rotatable bonds is 21. The van der Waals surface area contributed by atoms with Crippen molar-refractivity contribution in [2.45, 2.75) is 116 Å². The van der Waals surface area contributed by atoms with Gasteiger partial charge >= 0.3 is 0 Å². The Kier molecular flexibility index (Phi) is 17.3. The average molecular weight is 527 g/mol. The van der Waals surface area contributed by atoms with Gasteiger partial charge in [-0.25, -0.2) is 5.43 Å². The first-order valence-corrected chi connectivity index (χ1v) is 14.8. The molecule has 0 fully saturated rings. The first kappa shape index (κ1) is 30.9. The lowest BCUT2D eigenvalue weighted by molar-refractivity contribution is -0.121. The average Bonchev–Trinajstić information content (AvgIpc) is 2.91. The second-order valence-corrected chi connectivity index (χ2v) is 10.4. The molecule has 2 aromatic rings. The van der Waals surface area contributed by atoms with Crippen molar-refractivity contribution in [3.8, 4) is 5.75 Å². The highest BCUT2D eigenvalue weighted by Gasteiger charge is 2.01. The number of unbranched alkanes of at least 4 members (excludes halogenated alkanes) is 14. The molecular weight excluding hydrogens is 480 g/mol. The lowest BCUT2D eigenvalue weighted by Crippen LogP contribution is -2.16. The van der Waals surface area contributed by atoms with Crippen LogP contribution in [0.5, 0.6) is 5.75 Å². The van der Waals surface area contributed by atoms with Crippen LogP contribution in [0.1, 0.15) is 121 Å². The van der Waals surface area contributed by atoms with Gasteiger partial charge in [0, 0.05) is 11.4 Å². The quantitative estimate of drug-likeness (QED) is 0.0999. The zero-order chi connectivity index (χ0) is 26.4. The highest BCUT2D eigenvalue weighted by molar-refractivity contribution is 6.30. The third-order valence-electron chi connectivity index (χ3n) is 6.59. The maximum absolute atomic E-state index is 12.1. The molecule has 2 rings (SSSR count). The summed E-state index contributed by atoms with van der Waals surface area (Å²) in [6.07, 6.45) is 22.0. The molecule has 0 bridgehead atoms. The molecule has 0 unspecified atom stereocenters. The van der Waals surface area contributed by atoms with E-state index >= 15 is 0 Å². The van der Waals surface area contributed by atoms with Gasteiger partial charge in [0.05, 0.1) is 6.21 Å². The zero-order valence-corrected chi connectivity index (χ0v) is 23.6. The number of nitrogens with one attached hydrogen (secondary N) is 1. The van der Waals surface area contributed by atoms with Crippen LogP contribution in [-0.4, -0.2) is 12.1 Å². The maximum atomic E-state index is 12.1. The monoisotopic (exact) mass is 526 g/mol. The summed E-state index contributed by atoms with van der Waals surface area (Å²) in [7, 11) is 0. The molecular formula is C32H47ClN2O2. The zero-order valence-electron chi connectivity index (χ0n) is 22.9. The second kappa shape index (κ2) is 20.7. The Morgan fingerprint density at radius 1 is 0.811 bits per heavy atom. The van der Waals surface area contributed by atoms with Crippen molar-refractivity contribution in [3.63, 3.8) is 0 Å². The van der Waals surface area contributed by atoms with E-state index in [1.54, 1.807) is 6.21 Å². The third-order valence-corrected chi connectivity index (χ3v) is 6.84. The highest BCUT2D eigenvalue weighted by atomic mass is 35.5. The van der Waals surface area contributed by atoms with Gasteiger partial charge in [-0.2, -0.15) is 5.10 Å². The summed E-state index contributed by atoms with van der Waals surface area (Å²) < 4.78 is 5.85. The summed E-state index contributed by atoms with van der Waals surface area (Å²) in [5.41, 5.74) is 4.57. The second-order valence-electron chi connectivity index (χ2n) is 9.98. The van der Waals surface area contributed by atoms with Crippen LogP contribution in [0.3, 0.4) is 0 Å². The van der Waals surface area contributed by atoms with E-state index in [1.165, 1.54) is 83.5 Å². The summed E-state index contributed by atoms with van der Waals surface area (Å²) in [5.74, 6) is 0.726. The van der Waals surface area contributed by atoms with E-state index in [4.69, 9.17) is 16.3 Å². The van der Waals surface area contributed by atoms with Crippen LogP contribution in [0.25, 0.3) is 0 Å². The smallest absolute Gasteiger partial charge is 0.240 e. The molecule has 0 saturated carbocycles. The van der Waals surface area contributed by atoms with Crippen LogP contribution >= 0.6 is 11.6 Å². The van der Waals surface area contributed by atoms with E-state index in [0.717, 1.165) is 29.7 Å². The number of benzene rings is 2. The van der Waals surface area contributed by atoms with Crippen LogP contribution in [0.4, 0.5) is 0 Å². The minimum Gasteiger partial charge on any atom is -0.489 e. The molecule has 0 saturated heterocycles. The Balaban J connectivity index is 1.45. The van der Waals surface area contributed by atoms with Crippen LogP contribution in [0, 0.1) is 0 Å². The number of halogens is 1. The molecule has 0 atom stereocenters. The fraction of sp³-hybridized carbons (Fsp3) is 0.562. The molecule has 2 aromatic carbocycles. The topological polar surface area (TPSA) is 50.7 Å². The molecule has 0 spiro atoms. The number of amides is 1. The first-order valence-electron chi connectivity index (χ1n) is 14.5. The van der Waals surface area contributed by atoms with Crippen LogP contribution in [0.2, 0.25) is 5.02 Å².